The summed E-state index contributed by atoms with van der Waals surface area (Å²) in [6.07, 6.45) is 2.41. The van der Waals surface area contributed by atoms with Gasteiger partial charge in [-0.25, -0.2) is 0 Å². The Morgan fingerprint density at radius 2 is 1.96 bits per heavy atom. The Morgan fingerprint density at radius 3 is 2.85 bits per heavy atom. The molecule has 1 aliphatic rings. The third kappa shape index (κ3) is 4.37. The van der Waals surface area contributed by atoms with Crippen LogP contribution >= 0.6 is 0 Å². The van der Waals surface area contributed by atoms with Gasteiger partial charge in [-0.05, 0) is 36.5 Å². The molecule has 3 aromatic rings. The monoisotopic (exact) mass is 364 g/mol. The second kappa shape index (κ2) is 8.35. The van der Waals surface area contributed by atoms with E-state index in [4.69, 9.17) is 9.26 Å². The first kappa shape index (κ1) is 17.7. The summed E-state index contributed by atoms with van der Waals surface area (Å²) >= 11 is 0. The molecule has 0 N–H and O–H groups in total. The lowest BCUT2D eigenvalue weighted by atomic mass is 9.98. The number of likely N-dealkylation sites (tertiary alicyclic amines) is 1. The molecular formula is C22H24N2O3. The van der Waals surface area contributed by atoms with Gasteiger partial charge in [0.15, 0.2) is 5.58 Å². The van der Waals surface area contributed by atoms with Crippen LogP contribution in [-0.2, 0) is 22.6 Å². The fourth-order valence-electron chi connectivity index (χ4n) is 3.67. The molecule has 0 aliphatic carbocycles. The molecule has 0 spiro atoms. The lowest BCUT2D eigenvalue weighted by Crippen LogP contribution is -2.42. The van der Waals surface area contributed by atoms with Crippen LogP contribution in [0.15, 0.2) is 59.1 Å². The third-order valence-corrected chi connectivity index (χ3v) is 5.11. The second-order valence-corrected chi connectivity index (χ2v) is 7.15. The molecule has 2 heterocycles. The maximum Gasteiger partial charge on any atom is 0.228 e. The highest BCUT2D eigenvalue weighted by atomic mass is 16.5. The van der Waals surface area contributed by atoms with Crippen molar-refractivity contribution in [1.29, 1.82) is 0 Å². The molecule has 2 aromatic carbocycles. The Balaban J connectivity index is 1.30. The summed E-state index contributed by atoms with van der Waals surface area (Å²) in [4.78, 5) is 14.7. The summed E-state index contributed by atoms with van der Waals surface area (Å²) in [6, 6.07) is 17.9. The van der Waals surface area contributed by atoms with E-state index in [9.17, 15) is 4.79 Å². The third-order valence-electron chi connectivity index (χ3n) is 5.11. The van der Waals surface area contributed by atoms with E-state index in [-0.39, 0.29) is 12.3 Å². The SMILES string of the molecule is O=C(Cc1noc2ccccc12)N1CCCC(COCc2ccccc2)C1. The van der Waals surface area contributed by atoms with Crippen LogP contribution in [0.5, 0.6) is 0 Å². The number of hydrogen-bond acceptors (Lipinski definition) is 4. The number of carbonyl (C=O) groups is 1. The number of rotatable bonds is 6. The van der Waals surface area contributed by atoms with Crippen molar-refractivity contribution in [1.82, 2.24) is 10.1 Å². The molecule has 1 unspecified atom stereocenters. The molecule has 1 aliphatic heterocycles. The molecule has 27 heavy (non-hydrogen) atoms. The number of carbonyl (C=O) groups excluding carboxylic acids is 1. The average Bonchev–Trinajstić information content (AvgIpc) is 3.12. The number of hydrogen-bond donors (Lipinski definition) is 0. The largest absolute Gasteiger partial charge is 0.376 e. The summed E-state index contributed by atoms with van der Waals surface area (Å²) in [7, 11) is 0. The average molecular weight is 364 g/mol. The van der Waals surface area contributed by atoms with Crippen LogP contribution in [0.3, 0.4) is 0 Å². The van der Waals surface area contributed by atoms with Crippen molar-refractivity contribution < 1.29 is 14.1 Å². The van der Waals surface area contributed by atoms with Gasteiger partial charge >= 0.3 is 0 Å². The minimum absolute atomic E-state index is 0.113. The normalized spacial score (nSPS) is 17.3. The molecule has 1 fully saturated rings. The summed E-state index contributed by atoms with van der Waals surface area (Å²) in [5.41, 5.74) is 2.63. The summed E-state index contributed by atoms with van der Waals surface area (Å²) in [5, 5.41) is 5.01. The lowest BCUT2D eigenvalue weighted by molar-refractivity contribution is -0.132. The Kier molecular flexibility index (Phi) is 5.49. The quantitative estimate of drug-likeness (QED) is 0.667. The van der Waals surface area contributed by atoms with E-state index in [1.54, 1.807) is 0 Å². The Labute approximate surface area is 158 Å². The first-order valence-electron chi connectivity index (χ1n) is 9.52. The highest BCUT2D eigenvalue weighted by Gasteiger charge is 2.25. The van der Waals surface area contributed by atoms with Crippen molar-refractivity contribution in [2.24, 2.45) is 5.92 Å². The van der Waals surface area contributed by atoms with E-state index in [2.05, 4.69) is 17.3 Å². The van der Waals surface area contributed by atoms with Crippen LogP contribution in [0.4, 0.5) is 0 Å². The molecule has 0 saturated carbocycles. The molecule has 1 aromatic heterocycles. The van der Waals surface area contributed by atoms with E-state index in [0.717, 1.165) is 42.6 Å². The summed E-state index contributed by atoms with van der Waals surface area (Å²) < 4.78 is 11.2. The smallest absolute Gasteiger partial charge is 0.228 e. The van der Waals surface area contributed by atoms with E-state index in [0.29, 0.717) is 19.1 Å². The van der Waals surface area contributed by atoms with Gasteiger partial charge in [0.25, 0.3) is 0 Å². The molecule has 4 rings (SSSR count). The fraction of sp³-hybridized carbons (Fsp3) is 0.364. The van der Waals surface area contributed by atoms with Crippen LogP contribution in [-0.4, -0.2) is 35.7 Å². The molecule has 1 saturated heterocycles. The minimum atomic E-state index is 0.113. The number of para-hydroxylation sites is 1. The molecule has 0 bridgehead atoms. The van der Waals surface area contributed by atoms with Crippen molar-refractivity contribution in [3.05, 3.63) is 65.9 Å². The van der Waals surface area contributed by atoms with Gasteiger partial charge in [-0.1, -0.05) is 47.6 Å². The highest BCUT2D eigenvalue weighted by Crippen LogP contribution is 2.21. The van der Waals surface area contributed by atoms with Gasteiger partial charge in [-0.15, -0.1) is 0 Å². The molecule has 5 heteroatoms. The van der Waals surface area contributed by atoms with Crippen molar-refractivity contribution in [2.45, 2.75) is 25.9 Å². The highest BCUT2D eigenvalue weighted by molar-refractivity contribution is 5.86. The maximum atomic E-state index is 12.8. The predicted molar refractivity (Wildman–Crippen MR) is 103 cm³/mol. The van der Waals surface area contributed by atoms with Gasteiger partial charge in [0.1, 0.15) is 5.69 Å². The summed E-state index contributed by atoms with van der Waals surface area (Å²) in [5.74, 6) is 0.502. The van der Waals surface area contributed by atoms with Gasteiger partial charge < -0.3 is 14.2 Å². The van der Waals surface area contributed by atoms with Crippen molar-refractivity contribution >= 4 is 16.9 Å². The van der Waals surface area contributed by atoms with Crippen LogP contribution in [0.25, 0.3) is 11.0 Å². The van der Waals surface area contributed by atoms with E-state index in [1.165, 1.54) is 5.56 Å². The first-order chi connectivity index (χ1) is 13.3. The second-order valence-electron chi connectivity index (χ2n) is 7.15. The molecule has 0 radical (unpaired) electrons. The lowest BCUT2D eigenvalue weighted by Gasteiger charge is -2.32. The number of amides is 1. The van der Waals surface area contributed by atoms with Gasteiger partial charge in [0.2, 0.25) is 5.91 Å². The van der Waals surface area contributed by atoms with Gasteiger partial charge in [0, 0.05) is 18.5 Å². The summed E-state index contributed by atoms with van der Waals surface area (Å²) in [6.45, 7) is 2.87. The predicted octanol–water partition coefficient (Wildman–Crippen LogP) is 3.83. The standard InChI is InChI=1S/C22H24N2O3/c25-22(13-20-19-10-4-5-11-21(19)27-23-20)24-12-6-9-18(14-24)16-26-15-17-7-2-1-3-8-17/h1-5,7-8,10-11,18H,6,9,12-16H2. The fourth-order valence-corrected chi connectivity index (χ4v) is 3.67. The van der Waals surface area contributed by atoms with Crippen LogP contribution in [0.1, 0.15) is 24.1 Å². The van der Waals surface area contributed by atoms with Crippen LogP contribution < -0.4 is 0 Å². The zero-order chi connectivity index (χ0) is 18.5. The minimum Gasteiger partial charge on any atom is -0.376 e. The van der Waals surface area contributed by atoms with Crippen molar-refractivity contribution in [3.63, 3.8) is 0 Å². The van der Waals surface area contributed by atoms with Crippen LogP contribution in [0, 0.1) is 5.92 Å². The number of nitrogens with zero attached hydrogens (tertiary/aromatic N) is 2. The van der Waals surface area contributed by atoms with Gasteiger partial charge in [-0.2, -0.15) is 0 Å². The Hall–Kier alpha value is -2.66. The Morgan fingerprint density at radius 1 is 1.15 bits per heavy atom. The molecule has 140 valence electrons. The molecular weight excluding hydrogens is 340 g/mol. The molecule has 1 atom stereocenters. The Bertz CT molecular complexity index is 891. The van der Waals surface area contributed by atoms with Gasteiger partial charge in [-0.3, -0.25) is 4.79 Å². The van der Waals surface area contributed by atoms with Crippen molar-refractivity contribution in [2.75, 3.05) is 19.7 Å². The number of benzene rings is 2. The number of ether oxygens (including phenoxy) is 1. The van der Waals surface area contributed by atoms with Gasteiger partial charge in [0.05, 0.1) is 19.6 Å². The van der Waals surface area contributed by atoms with E-state index < -0.39 is 0 Å². The topological polar surface area (TPSA) is 55.6 Å². The van der Waals surface area contributed by atoms with Crippen molar-refractivity contribution in [3.8, 4) is 0 Å². The van der Waals surface area contributed by atoms with Crippen LogP contribution in [0.2, 0.25) is 0 Å². The number of aromatic nitrogens is 1. The zero-order valence-electron chi connectivity index (χ0n) is 15.3. The molecule has 5 nitrogen and oxygen atoms in total. The molecule has 1 amide bonds. The van der Waals surface area contributed by atoms with E-state index in [1.807, 2.05) is 47.4 Å². The first-order valence-corrected chi connectivity index (χ1v) is 9.52. The number of fused-ring (bicyclic) bond motifs is 1. The number of piperidine rings is 1. The van der Waals surface area contributed by atoms with E-state index >= 15 is 0 Å². The zero-order valence-corrected chi connectivity index (χ0v) is 15.3. The maximum absolute atomic E-state index is 12.8.